The first-order valence-corrected chi connectivity index (χ1v) is 16.5. The molecule has 3 rings (SSSR count). The molecule has 220 valence electrons. The number of aliphatic hydroxyl groups excluding tert-OH is 1. The molecule has 0 spiro atoms. The van der Waals surface area contributed by atoms with Crippen molar-refractivity contribution in [1.82, 2.24) is 9.80 Å². The molecular weight excluding hydrogens is 583 g/mol. The van der Waals surface area contributed by atoms with Crippen LogP contribution in [-0.4, -0.2) is 104 Å². The first kappa shape index (κ1) is 33.8. The number of aliphatic hydroxyl groups is 1. The molecule has 2 heterocycles. The summed E-state index contributed by atoms with van der Waals surface area (Å²) in [5.74, 6) is 0.143. The van der Waals surface area contributed by atoms with Crippen LogP contribution >= 0.6 is 35.7 Å². The van der Waals surface area contributed by atoms with E-state index in [1.54, 1.807) is 7.11 Å². The van der Waals surface area contributed by atoms with Gasteiger partial charge in [0.2, 0.25) is 0 Å². The maximum Gasteiger partial charge on any atom is 0.268 e. The topological polar surface area (TPSA) is 120 Å². The zero-order chi connectivity index (χ0) is 29.0. The molecule has 2 N–H and O–H groups in total. The fraction of sp³-hybridized carbons (Fsp3) is 0.600. The number of unbranched alkanes of at least 4 members (excludes halogenated alkanes) is 1. The molecule has 0 aromatic heterocycles. The number of rotatable bonds is 14. The molecule has 1 amide bonds. The third kappa shape index (κ3) is 10.2. The number of anilines is 1. The molecule has 0 unspecified atom stereocenters. The Balaban J connectivity index is 0.000000673. The van der Waals surface area contributed by atoms with E-state index in [4.69, 9.17) is 31.4 Å². The minimum absolute atomic E-state index is 0.0899. The lowest BCUT2D eigenvalue weighted by molar-refractivity contribution is -0.122. The van der Waals surface area contributed by atoms with Crippen LogP contribution in [0.1, 0.15) is 33.6 Å². The number of hydrogen-bond donors (Lipinski definition) is 2. The SMILES string of the molecule is CCN(CC)CC.COc1ccc2c(c1)N(CCCCS(=O)(=O)O)C(=C1SC(=S)N(CCOCCO)C1=O)S2. The van der Waals surface area contributed by atoms with E-state index in [-0.39, 0.29) is 37.9 Å². The third-order valence-corrected chi connectivity index (χ3v) is 9.58. The Morgan fingerprint density at radius 3 is 2.28 bits per heavy atom. The van der Waals surface area contributed by atoms with E-state index in [0.717, 1.165) is 15.6 Å². The summed E-state index contributed by atoms with van der Waals surface area (Å²) >= 11 is 8.08. The molecule has 2 aliphatic rings. The van der Waals surface area contributed by atoms with Gasteiger partial charge >= 0.3 is 0 Å². The van der Waals surface area contributed by atoms with Crippen molar-refractivity contribution in [3.8, 4) is 5.75 Å². The van der Waals surface area contributed by atoms with Gasteiger partial charge in [-0.2, -0.15) is 8.42 Å². The van der Waals surface area contributed by atoms with Crippen molar-refractivity contribution in [2.24, 2.45) is 0 Å². The van der Waals surface area contributed by atoms with Crippen molar-refractivity contribution in [2.45, 2.75) is 38.5 Å². The summed E-state index contributed by atoms with van der Waals surface area (Å²) < 4.78 is 42.1. The van der Waals surface area contributed by atoms with Gasteiger partial charge in [-0.15, -0.1) is 0 Å². The van der Waals surface area contributed by atoms with Crippen LogP contribution in [0.2, 0.25) is 0 Å². The molecule has 1 saturated heterocycles. The van der Waals surface area contributed by atoms with E-state index in [9.17, 15) is 13.2 Å². The van der Waals surface area contributed by atoms with Gasteiger partial charge in [-0.05, 0) is 44.6 Å². The highest BCUT2D eigenvalue weighted by molar-refractivity contribution is 8.27. The lowest BCUT2D eigenvalue weighted by Gasteiger charge is -2.22. The second kappa shape index (κ2) is 16.8. The number of methoxy groups -OCH3 is 1. The van der Waals surface area contributed by atoms with Crippen molar-refractivity contribution in [2.75, 3.05) is 70.3 Å². The van der Waals surface area contributed by atoms with Crippen molar-refractivity contribution in [3.63, 3.8) is 0 Å². The number of thiocarbonyl (C=S) groups is 1. The highest BCUT2D eigenvalue weighted by Gasteiger charge is 2.39. The minimum Gasteiger partial charge on any atom is -0.497 e. The van der Waals surface area contributed by atoms with E-state index >= 15 is 0 Å². The fourth-order valence-electron chi connectivity index (χ4n) is 3.85. The van der Waals surface area contributed by atoms with Crippen LogP contribution in [0.15, 0.2) is 33.0 Å². The molecule has 10 nitrogen and oxygen atoms in total. The Bertz CT molecular complexity index is 1110. The summed E-state index contributed by atoms with van der Waals surface area (Å²) in [5, 5.41) is 9.56. The Labute approximate surface area is 245 Å². The molecule has 0 saturated carbocycles. The number of fused-ring (bicyclic) bond motifs is 1. The van der Waals surface area contributed by atoms with E-state index in [2.05, 4.69) is 25.7 Å². The van der Waals surface area contributed by atoms with Gasteiger partial charge in [-0.25, -0.2) is 0 Å². The number of hydrogen-bond acceptors (Lipinski definition) is 11. The summed E-state index contributed by atoms with van der Waals surface area (Å²) in [7, 11) is -2.45. The van der Waals surface area contributed by atoms with Crippen molar-refractivity contribution in [1.29, 1.82) is 0 Å². The molecule has 1 fully saturated rings. The summed E-state index contributed by atoms with van der Waals surface area (Å²) in [6.45, 7) is 11.2. The van der Waals surface area contributed by atoms with E-state index in [0.29, 0.717) is 34.5 Å². The van der Waals surface area contributed by atoms with Gasteiger partial charge in [0.15, 0.2) is 0 Å². The number of ether oxygens (including phenoxy) is 2. The van der Waals surface area contributed by atoms with Crippen LogP contribution in [0.4, 0.5) is 5.69 Å². The average Bonchev–Trinajstić information content (AvgIpc) is 3.40. The first-order valence-electron chi connectivity index (χ1n) is 12.9. The normalized spacial score (nSPS) is 17.1. The van der Waals surface area contributed by atoms with Crippen LogP contribution < -0.4 is 9.64 Å². The van der Waals surface area contributed by atoms with Crippen molar-refractivity contribution >= 4 is 61.8 Å². The number of carbonyl (C=O) groups is 1. The number of amides is 1. The molecule has 0 radical (unpaired) electrons. The standard InChI is InChI=1S/C19H24N2O7S4.C6H15N/c1-27-13-4-5-15-14(12-13)20(6-2-3-11-32(24,25)26)18(30-15)16-17(23)21(19(29)31-16)7-9-28-10-8-22;1-4-7(5-2)6-3/h4-5,12,22H,2-3,6-11H2,1H3,(H,24,25,26);4-6H2,1-3H3. The number of thioether (sulfide) groups is 2. The maximum absolute atomic E-state index is 13.1. The van der Waals surface area contributed by atoms with Gasteiger partial charge in [0.25, 0.3) is 16.0 Å². The molecule has 0 aliphatic carbocycles. The zero-order valence-electron chi connectivity index (χ0n) is 22.9. The lowest BCUT2D eigenvalue weighted by atomic mass is 10.2. The lowest BCUT2D eigenvalue weighted by Crippen LogP contribution is -2.32. The molecule has 1 aromatic carbocycles. The quantitative estimate of drug-likeness (QED) is 0.137. The smallest absolute Gasteiger partial charge is 0.268 e. The molecule has 0 bridgehead atoms. The second-order valence-corrected chi connectivity index (χ2v) is 12.7. The molecule has 2 aliphatic heterocycles. The predicted octanol–water partition coefficient (Wildman–Crippen LogP) is 3.66. The van der Waals surface area contributed by atoms with Crippen LogP contribution in [0.25, 0.3) is 0 Å². The van der Waals surface area contributed by atoms with Gasteiger partial charge in [0.1, 0.15) is 20.0 Å². The van der Waals surface area contributed by atoms with Crippen LogP contribution in [0, 0.1) is 0 Å². The van der Waals surface area contributed by atoms with Gasteiger partial charge in [0, 0.05) is 17.5 Å². The predicted molar refractivity (Wildman–Crippen MR) is 162 cm³/mol. The largest absolute Gasteiger partial charge is 0.497 e. The summed E-state index contributed by atoms with van der Waals surface area (Å²) in [6, 6.07) is 5.64. The average molecular weight is 622 g/mol. The Kier molecular flexibility index (Phi) is 14.5. The monoisotopic (exact) mass is 621 g/mol. The Hall–Kier alpha value is -1.39. The summed E-state index contributed by atoms with van der Waals surface area (Å²) in [5.41, 5.74) is 0.868. The van der Waals surface area contributed by atoms with Gasteiger partial charge in [-0.1, -0.05) is 56.5 Å². The molecule has 39 heavy (non-hydrogen) atoms. The molecule has 14 heteroatoms. The number of carbonyl (C=O) groups excluding carboxylic acids is 1. The van der Waals surface area contributed by atoms with E-state index in [1.807, 2.05) is 23.1 Å². The summed E-state index contributed by atoms with van der Waals surface area (Å²) in [6.07, 6.45) is 0.783. The minimum atomic E-state index is -4.02. The molecular formula is C25H39N3O7S4. The van der Waals surface area contributed by atoms with Crippen LogP contribution in [0.5, 0.6) is 5.75 Å². The first-order chi connectivity index (χ1) is 18.6. The van der Waals surface area contributed by atoms with E-state index in [1.165, 1.54) is 48.1 Å². The van der Waals surface area contributed by atoms with Crippen LogP contribution in [0.3, 0.4) is 0 Å². The zero-order valence-corrected chi connectivity index (χ0v) is 26.2. The van der Waals surface area contributed by atoms with Gasteiger partial charge in [0.05, 0.1) is 44.9 Å². The fourth-order valence-corrected chi connectivity index (χ4v) is 7.04. The molecule has 0 atom stereocenters. The third-order valence-electron chi connectivity index (χ3n) is 6.02. The highest BCUT2D eigenvalue weighted by Crippen LogP contribution is 2.51. The number of benzene rings is 1. The molecule has 1 aromatic rings. The summed E-state index contributed by atoms with van der Waals surface area (Å²) in [4.78, 5) is 20.4. The van der Waals surface area contributed by atoms with Crippen LogP contribution in [-0.2, 0) is 19.6 Å². The number of nitrogens with zero attached hydrogens (tertiary/aromatic N) is 3. The van der Waals surface area contributed by atoms with Gasteiger partial charge in [-0.3, -0.25) is 14.2 Å². The maximum atomic E-state index is 13.1. The van der Waals surface area contributed by atoms with Gasteiger partial charge < -0.3 is 24.4 Å². The van der Waals surface area contributed by atoms with Crippen molar-refractivity contribution < 1.29 is 32.3 Å². The van der Waals surface area contributed by atoms with E-state index < -0.39 is 10.1 Å². The Morgan fingerprint density at radius 1 is 1.03 bits per heavy atom. The second-order valence-electron chi connectivity index (χ2n) is 8.50. The van der Waals surface area contributed by atoms with Crippen molar-refractivity contribution in [3.05, 3.63) is 28.1 Å². The Morgan fingerprint density at radius 2 is 1.72 bits per heavy atom. The highest BCUT2D eigenvalue weighted by atomic mass is 32.2.